The van der Waals surface area contributed by atoms with Crippen molar-refractivity contribution in [3.63, 3.8) is 0 Å². The molecule has 4 bridgehead atoms. The van der Waals surface area contributed by atoms with Crippen LogP contribution in [0.15, 0.2) is 23.4 Å². The molecule has 0 aromatic carbocycles. The van der Waals surface area contributed by atoms with E-state index in [1.807, 2.05) is 13.8 Å². The number of halogens is 2. The lowest BCUT2D eigenvalue weighted by molar-refractivity contribution is -0.689. The number of carbonyl (C=O) groups is 2. The number of hydrogen-bond acceptors (Lipinski definition) is 12. The maximum atomic E-state index is 12.6. The number of carbonyl (C=O) groups excluding carboxylic acids is 2. The Morgan fingerprint density at radius 2 is 1.09 bits per heavy atom. The highest BCUT2D eigenvalue weighted by Crippen LogP contribution is 2.55. The van der Waals surface area contributed by atoms with Crippen LogP contribution in [-0.4, -0.2) is 45.1 Å². The van der Waals surface area contributed by atoms with Crippen LogP contribution in [0.4, 0.5) is 11.6 Å². The number of aromatic nitrogens is 6. The van der Waals surface area contributed by atoms with E-state index in [0.29, 0.717) is 49.6 Å². The molecular weight excluding hydrogens is 792 g/mol. The molecule has 4 aliphatic carbocycles. The van der Waals surface area contributed by atoms with E-state index in [2.05, 4.69) is 53.9 Å². The van der Waals surface area contributed by atoms with E-state index in [1.165, 1.54) is 46.8 Å². The molecule has 0 radical (unpaired) electrons. The summed E-state index contributed by atoms with van der Waals surface area (Å²) in [6, 6.07) is 0. The summed E-state index contributed by atoms with van der Waals surface area (Å²) in [5.74, 6) is 4.01. The Balaban J connectivity index is 0.000000207. The first-order chi connectivity index (χ1) is 25.9. The second-order valence-corrected chi connectivity index (χ2v) is 17.9. The number of thiazole rings is 2. The summed E-state index contributed by atoms with van der Waals surface area (Å²) in [7, 11) is 0. The summed E-state index contributed by atoms with van der Waals surface area (Å²) < 4.78 is 15.7. The third-order valence-electron chi connectivity index (χ3n) is 12.5. The van der Waals surface area contributed by atoms with Crippen LogP contribution >= 0.6 is 35.1 Å². The number of fused-ring (bicyclic) bond motifs is 4. The third-order valence-corrected chi connectivity index (χ3v) is 14.8. The van der Waals surface area contributed by atoms with Crippen LogP contribution in [0.1, 0.15) is 108 Å². The lowest BCUT2D eigenvalue weighted by Gasteiger charge is -2.23. The van der Waals surface area contributed by atoms with Gasteiger partial charge < -0.3 is 33.3 Å². The highest BCUT2D eigenvalue weighted by molar-refractivity contribution is 7.09. The summed E-state index contributed by atoms with van der Waals surface area (Å²) in [6.45, 7) is 10.1. The normalized spacial score (nSPS) is 22.9. The molecule has 0 amide bonds. The molecule has 8 rings (SSSR count). The molecule has 12 nitrogen and oxygen atoms in total. The van der Waals surface area contributed by atoms with Crippen molar-refractivity contribution in [1.29, 1.82) is 0 Å². The fourth-order valence-electron chi connectivity index (χ4n) is 9.07. The number of rotatable bonds is 12. The van der Waals surface area contributed by atoms with Crippen molar-refractivity contribution in [3.8, 4) is 0 Å². The predicted molar refractivity (Wildman–Crippen MR) is 214 cm³/mol. The van der Waals surface area contributed by atoms with Gasteiger partial charge in [0.1, 0.15) is 23.3 Å². The molecule has 4 N–H and O–H groups in total. The second kappa shape index (κ2) is 18.4. The fourth-order valence-corrected chi connectivity index (χ4v) is 11.0. The minimum absolute atomic E-state index is 0. The van der Waals surface area contributed by atoms with Crippen LogP contribution < -0.4 is 33.0 Å². The molecule has 0 atom stereocenters. The monoisotopic (exact) mass is 845 g/mol. The van der Waals surface area contributed by atoms with Crippen molar-refractivity contribution in [1.82, 2.24) is 19.9 Å². The lowest BCUT2D eigenvalue weighted by Crippen LogP contribution is -3.00. The Hall–Kier alpha value is -3.46. The molecule has 4 aromatic rings. The van der Waals surface area contributed by atoms with E-state index in [9.17, 15) is 9.59 Å². The first-order valence-electron chi connectivity index (χ1n) is 19.4. The molecule has 16 heteroatoms. The maximum Gasteiger partial charge on any atom is 0.312 e. The van der Waals surface area contributed by atoms with E-state index in [0.717, 1.165) is 74.3 Å². The number of esters is 2. The van der Waals surface area contributed by atoms with E-state index >= 15 is 0 Å². The summed E-state index contributed by atoms with van der Waals surface area (Å²) in [5, 5.41) is 0. The minimum Gasteiger partial charge on any atom is -1.00 e. The molecule has 4 aliphatic rings. The fraction of sp³-hybridized carbons (Fsp3) is 0.600. The Morgan fingerprint density at radius 3 is 1.41 bits per heavy atom. The Morgan fingerprint density at radius 1 is 0.714 bits per heavy atom. The zero-order chi connectivity index (χ0) is 38.0. The summed E-state index contributed by atoms with van der Waals surface area (Å²) in [4.78, 5) is 44.5. The quantitative estimate of drug-likeness (QED) is 0.160. The third kappa shape index (κ3) is 9.45. The van der Waals surface area contributed by atoms with Crippen molar-refractivity contribution in [2.75, 3.05) is 24.7 Å². The van der Waals surface area contributed by atoms with E-state index < -0.39 is 0 Å². The van der Waals surface area contributed by atoms with Gasteiger partial charge in [0.05, 0.1) is 44.9 Å². The van der Waals surface area contributed by atoms with Crippen LogP contribution in [0.5, 0.6) is 0 Å². The van der Waals surface area contributed by atoms with Gasteiger partial charge in [-0.15, -0.1) is 12.4 Å². The van der Waals surface area contributed by atoms with Gasteiger partial charge >= 0.3 is 11.9 Å². The van der Waals surface area contributed by atoms with E-state index in [1.54, 1.807) is 35.1 Å². The molecule has 56 heavy (non-hydrogen) atoms. The number of hydrogen-bond donors (Lipinski definition) is 2. The van der Waals surface area contributed by atoms with Gasteiger partial charge in [-0.3, -0.25) is 9.59 Å². The van der Waals surface area contributed by atoms with Crippen LogP contribution in [0.25, 0.3) is 0 Å². The summed E-state index contributed by atoms with van der Waals surface area (Å²) in [5.41, 5.74) is 20.1. The molecule has 4 fully saturated rings. The van der Waals surface area contributed by atoms with Gasteiger partial charge in [0.2, 0.25) is 11.0 Å². The van der Waals surface area contributed by atoms with Crippen molar-refractivity contribution in [2.24, 2.45) is 22.7 Å². The van der Waals surface area contributed by atoms with Gasteiger partial charge in [-0.1, -0.05) is 22.7 Å². The van der Waals surface area contributed by atoms with Crippen LogP contribution in [0, 0.1) is 50.4 Å². The van der Waals surface area contributed by atoms with Gasteiger partial charge in [0, 0.05) is 39.1 Å². The average Bonchev–Trinajstić information content (AvgIpc) is 4.03. The average molecular weight is 847 g/mol. The number of anilines is 2. The first-order valence-corrected chi connectivity index (χ1v) is 21.1. The zero-order valence-electron chi connectivity index (χ0n) is 32.9. The van der Waals surface area contributed by atoms with Crippen molar-refractivity contribution in [2.45, 2.75) is 118 Å². The number of nitrogen functional groups attached to an aromatic ring is 2. The van der Waals surface area contributed by atoms with E-state index in [-0.39, 0.29) is 47.6 Å². The largest absolute Gasteiger partial charge is 1.00 e. The number of nitrogens with two attached hydrogens (primary N) is 2. The van der Waals surface area contributed by atoms with Gasteiger partial charge in [-0.25, -0.2) is 19.9 Å². The van der Waals surface area contributed by atoms with Gasteiger partial charge in [0.15, 0.2) is 24.5 Å². The Bertz CT molecular complexity index is 1870. The predicted octanol–water partition coefficient (Wildman–Crippen LogP) is 2.90. The second-order valence-electron chi connectivity index (χ2n) is 16.0. The number of nitrogens with zero attached hydrogens (tertiary/aromatic N) is 6. The summed E-state index contributed by atoms with van der Waals surface area (Å²) in [6.07, 6.45) is 16.1. The first kappa shape index (κ1) is 43.7. The molecule has 0 aliphatic heterocycles. The lowest BCUT2D eigenvalue weighted by atomic mass is 9.84. The molecule has 0 spiro atoms. The van der Waals surface area contributed by atoms with Crippen molar-refractivity contribution >= 4 is 58.7 Å². The molecule has 4 heterocycles. The van der Waals surface area contributed by atoms with Gasteiger partial charge in [-0.2, -0.15) is 9.13 Å². The molecule has 4 saturated carbocycles. The Labute approximate surface area is 350 Å². The Kier molecular flexibility index (Phi) is 14.4. The van der Waals surface area contributed by atoms with Gasteiger partial charge in [0.25, 0.3) is 0 Å². The summed E-state index contributed by atoms with van der Waals surface area (Å²) >= 11 is 3.38. The molecule has 4 aromatic heterocycles. The highest BCUT2D eigenvalue weighted by Gasteiger charge is 2.52. The van der Waals surface area contributed by atoms with Gasteiger partial charge in [-0.05, 0) is 89.9 Å². The van der Waals surface area contributed by atoms with Crippen LogP contribution in [0.3, 0.4) is 0 Å². The number of aryl methyl sites for hydroxylation is 2. The molecule has 0 saturated heterocycles. The maximum absolute atomic E-state index is 12.6. The standard InChI is InChI=1S/2C20H27N4O2S.2ClH/c2*1-13-17(5-8-26-19(25)20-6-3-15(9-20)4-7-20)27-12-24(13)11-16-10-22-14(2)23-18(16)21;;/h2*10,12,15H,3-9,11H2,1-2H3,(H2,21,22,23);2*1H/q2*+1;;/p-1. The number of ether oxygens (including phenoxy) is 2. The SMILES string of the molecule is Cc1ncc(C[n+]2csc(CCOC(=O)C34CCC(CC3)C4)c2C)c(N)n1.Cc1ncc(C[n+]2csc(CCOC(=O)C34CCC(CC3)C4)c2C)c(N)n1.Cl.[Cl-]. The molecule has 304 valence electrons. The van der Waals surface area contributed by atoms with E-state index in [4.69, 9.17) is 20.9 Å². The van der Waals surface area contributed by atoms with Crippen LogP contribution in [0.2, 0.25) is 0 Å². The smallest absolute Gasteiger partial charge is 0.312 e. The van der Waals surface area contributed by atoms with Crippen molar-refractivity contribution < 1.29 is 40.6 Å². The topological polar surface area (TPSA) is 164 Å². The van der Waals surface area contributed by atoms with Crippen LogP contribution in [-0.2, 0) is 45.0 Å². The van der Waals surface area contributed by atoms with Crippen molar-refractivity contribution in [3.05, 3.63) is 67.3 Å². The molecule has 0 unspecified atom stereocenters. The molecular formula is C40H55Cl2N8O4S2+. The minimum atomic E-state index is -0.155. The zero-order valence-corrected chi connectivity index (χ0v) is 36.1. The highest BCUT2D eigenvalue weighted by atomic mass is 35.5.